The zero-order valence-corrected chi connectivity index (χ0v) is 17.3. The van der Waals surface area contributed by atoms with Crippen molar-refractivity contribution >= 4 is 11.6 Å². The van der Waals surface area contributed by atoms with E-state index in [0.717, 1.165) is 39.0 Å². The van der Waals surface area contributed by atoms with E-state index < -0.39 is 6.10 Å². The van der Waals surface area contributed by atoms with E-state index in [1.54, 1.807) is 6.07 Å². The summed E-state index contributed by atoms with van der Waals surface area (Å²) in [6, 6.07) is 16.0. The first-order valence-electron chi connectivity index (χ1n) is 10.1. The Morgan fingerprint density at radius 1 is 1.18 bits per heavy atom. The van der Waals surface area contributed by atoms with Gasteiger partial charge in [-0.15, -0.1) is 0 Å². The van der Waals surface area contributed by atoms with Gasteiger partial charge >= 0.3 is 0 Å². The van der Waals surface area contributed by atoms with Gasteiger partial charge in [-0.25, -0.2) is 0 Å². The normalized spacial score (nSPS) is 17.8. The molecule has 152 valence electrons. The van der Waals surface area contributed by atoms with Crippen molar-refractivity contribution in [3.05, 3.63) is 64.7 Å². The zero-order chi connectivity index (χ0) is 19.8. The highest BCUT2D eigenvalue weighted by molar-refractivity contribution is 6.32. The second-order valence-electron chi connectivity index (χ2n) is 7.39. The van der Waals surface area contributed by atoms with Crippen LogP contribution >= 0.6 is 11.6 Å². The minimum absolute atomic E-state index is 0.209. The summed E-state index contributed by atoms with van der Waals surface area (Å²) in [5.74, 6) is 0.601. The first kappa shape index (κ1) is 21.1. The van der Waals surface area contributed by atoms with Gasteiger partial charge in [0, 0.05) is 26.2 Å². The van der Waals surface area contributed by atoms with Crippen molar-refractivity contribution in [3.63, 3.8) is 0 Å². The molecule has 0 radical (unpaired) electrons. The largest absolute Gasteiger partial charge is 0.489 e. The summed E-state index contributed by atoms with van der Waals surface area (Å²) in [7, 11) is 0. The van der Waals surface area contributed by atoms with Crippen molar-refractivity contribution in [1.29, 1.82) is 0 Å². The zero-order valence-electron chi connectivity index (χ0n) is 16.5. The maximum absolute atomic E-state index is 10.6. The summed E-state index contributed by atoms with van der Waals surface area (Å²) in [6.07, 6.45) is 2.87. The van der Waals surface area contributed by atoms with Gasteiger partial charge in [0.05, 0.1) is 11.1 Å². The van der Waals surface area contributed by atoms with Crippen LogP contribution in [0.1, 0.15) is 30.9 Å². The second kappa shape index (κ2) is 10.8. The van der Waals surface area contributed by atoms with Crippen molar-refractivity contribution in [2.45, 2.75) is 44.9 Å². The first-order chi connectivity index (χ1) is 13.6. The molecule has 0 aromatic heterocycles. The van der Waals surface area contributed by atoms with Crippen LogP contribution in [-0.4, -0.2) is 48.5 Å². The molecule has 1 N–H and O–H groups in total. The number of ether oxygens (including phenoxy) is 2. The molecule has 0 saturated carbocycles. The van der Waals surface area contributed by atoms with Gasteiger partial charge < -0.3 is 14.6 Å². The van der Waals surface area contributed by atoms with Crippen LogP contribution in [0.2, 0.25) is 5.02 Å². The Labute approximate surface area is 173 Å². The van der Waals surface area contributed by atoms with Crippen LogP contribution in [0.4, 0.5) is 0 Å². The standard InChI is InChI=1S/C23H30ClNO3/c1-2-18-9-11-19(12-10-18)14-25(16-21-6-5-13-27-21)15-20(26)17-28-23-8-4-3-7-22(23)24/h3-4,7-12,20-21,26H,2,5-6,13-17H2,1H3. The van der Waals surface area contributed by atoms with Gasteiger partial charge in [-0.1, -0.05) is 54.9 Å². The van der Waals surface area contributed by atoms with Gasteiger partial charge in [0.25, 0.3) is 0 Å². The molecular formula is C23H30ClNO3. The summed E-state index contributed by atoms with van der Waals surface area (Å²) in [5, 5.41) is 11.1. The van der Waals surface area contributed by atoms with E-state index in [9.17, 15) is 5.11 Å². The Morgan fingerprint density at radius 3 is 2.61 bits per heavy atom. The lowest BCUT2D eigenvalue weighted by Crippen LogP contribution is -2.39. The molecule has 0 amide bonds. The van der Waals surface area contributed by atoms with Gasteiger partial charge in [0.15, 0.2) is 0 Å². The fraction of sp³-hybridized carbons (Fsp3) is 0.478. The van der Waals surface area contributed by atoms with E-state index in [1.165, 1.54) is 11.1 Å². The number of para-hydroxylation sites is 1. The molecule has 1 saturated heterocycles. The van der Waals surface area contributed by atoms with Gasteiger partial charge in [0.2, 0.25) is 0 Å². The van der Waals surface area contributed by atoms with Crippen LogP contribution in [0.5, 0.6) is 5.75 Å². The molecule has 2 aromatic rings. The first-order valence-corrected chi connectivity index (χ1v) is 10.5. The summed E-state index contributed by atoms with van der Waals surface area (Å²) in [6.45, 7) is 5.34. The van der Waals surface area contributed by atoms with Crippen molar-refractivity contribution in [3.8, 4) is 5.75 Å². The molecule has 0 bridgehead atoms. The summed E-state index contributed by atoms with van der Waals surface area (Å²) < 4.78 is 11.5. The maximum Gasteiger partial charge on any atom is 0.138 e. The molecule has 1 aliphatic rings. The van der Waals surface area contributed by atoms with Gasteiger partial charge in [0.1, 0.15) is 18.5 Å². The average molecular weight is 404 g/mol. The third-order valence-corrected chi connectivity index (χ3v) is 5.37. The lowest BCUT2D eigenvalue weighted by molar-refractivity contribution is 0.0314. The van der Waals surface area contributed by atoms with E-state index in [4.69, 9.17) is 21.1 Å². The van der Waals surface area contributed by atoms with E-state index in [-0.39, 0.29) is 12.7 Å². The number of rotatable bonds is 10. The van der Waals surface area contributed by atoms with E-state index in [2.05, 4.69) is 36.1 Å². The van der Waals surface area contributed by atoms with Crippen molar-refractivity contribution in [2.24, 2.45) is 0 Å². The number of aliphatic hydroxyl groups excluding tert-OH is 1. The Bertz CT molecular complexity index is 716. The van der Waals surface area contributed by atoms with E-state index in [0.29, 0.717) is 17.3 Å². The van der Waals surface area contributed by atoms with Crippen LogP contribution in [-0.2, 0) is 17.7 Å². The Balaban J connectivity index is 1.57. The molecule has 0 aliphatic carbocycles. The van der Waals surface area contributed by atoms with E-state index in [1.807, 2.05) is 18.2 Å². The number of aliphatic hydroxyl groups is 1. The maximum atomic E-state index is 10.6. The summed E-state index contributed by atoms with van der Waals surface area (Å²) >= 11 is 6.13. The average Bonchev–Trinajstić information content (AvgIpc) is 3.21. The highest BCUT2D eigenvalue weighted by Gasteiger charge is 2.21. The Hall–Kier alpha value is -1.59. The fourth-order valence-electron chi connectivity index (χ4n) is 3.52. The summed E-state index contributed by atoms with van der Waals surface area (Å²) in [5.41, 5.74) is 2.58. The predicted molar refractivity (Wildman–Crippen MR) is 113 cm³/mol. The molecule has 2 atom stereocenters. The van der Waals surface area contributed by atoms with Crippen molar-refractivity contribution < 1.29 is 14.6 Å². The molecule has 28 heavy (non-hydrogen) atoms. The fourth-order valence-corrected chi connectivity index (χ4v) is 3.71. The molecule has 5 heteroatoms. The quantitative estimate of drug-likeness (QED) is 0.641. The number of halogens is 1. The molecule has 2 aromatic carbocycles. The van der Waals surface area contributed by atoms with Gasteiger partial charge in [-0.2, -0.15) is 0 Å². The third kappa shape index (κ3) is 6.49. The lowest BCUT2D eigenvalue weighted by Gasteiger charge is -2.27. The van der Waals surface area contributed by atoms with E-state index >= 15 is 0 Å². The molecule has 4 nitrogen and oxygen atoms in total. The van der Waals surface area contributed by atoms with Crippen LogP contribution < -0.4 is 4.74 Å². The molecule has 3 rings (SSSR count). The number of aryl methyl sites for hydroxylation is 1. The second-order valence-corrected chi connectivity index (χ2v) is 7.80. The molecule has 0 spiro atoms. The number of nitrogens with zero attached hydrogens (tertiary/aromatic N) is 1. The van der Waals surface area contributed by atoms with Crippen LogP contribution in [0.15, 0.2) is 48.5 Å². The SMILES string of the molecule is CCc1ccc(CN(CC(O)COc2ccccc2Cl)CC2CCCO2)cc1. The third-order valence-electron chi connectivity index (χ3n) is 5.06. The minimum atomic E-state index is -0.604. The molecule has 2 unspecified atom stereocenters. The molecular weight excluding hydrogens is 374 g/mol. The summed E-state index contributed by atoms with van der Waals surface area (Å²) in [4.78, 5) is 2.26. The Morgan fingerprint density at radius 2 is 1.93 bits per heavy atom. The van der Waals surface area contributed by atoms with Crippen molar-refractivity contribution in [2.75, 3.05) is 26.3 Å². The molecule has 1 heterocycles. The van der Waals surface area contributed by atoms with Crippen molar-refractivity contribution in [1.82, 2.24) is 4.90 Å². The van der Waals surface area contributed by atoms with Crippen LogP contribution in [0.25, 0.3) is 0 Å². The highest BCUT2D eigenvalue weighted by Crippen LogP contribution is 2.23. The highest BCUT2D eigenvalue weighted by atomic mass is 35.5. The Kier molecular flexibility index (Phi) is 8.16. The lowest BCUT2D eigenvalue weighted by atomic mass is 10.1. The van der Waals surface area contributed by atoms with Gasteiger partial charge in [-0.3, -0.25) is 4.90 Å². The molecule has 1 aliphatic heterocycles. The monoisotopic (exact) mass is 403 g/mol. The number of benzene rings is 2. The number of hydrogen-bond donors (Lipinski definition) is 1. The predicted octanol–water partition coefficient (Wildman–Crippen LogP) is 4.32. The topological polar surface area (TPSA) is 41.9 Å². The smallest absolute Gasteiger partial charge is 0.138 e. The van der Waals surface area contributed by atoms with Crippen LogP contribution in [0, 0.1) is 0 Å². The number of hydrogen-bond acceptors (Lipinski definition) is 4. The minimum Gasteiger partial charge on any atom is -0.489 e. The van der Waals surface area contributed by atoms with Crippen LogP contribution in [0.3, 0.4) is 0 Å². The molecule has 1 fully saturated rings. The van der Waals surface area contributed by atoms with Gasteiger partial charge in [-0.05, 0) is 42.5 Å².